The van der Waals surface area contributed by atoms with Crippen molar-refractivity contribution in [3.05, 3.63) is 52.9 Å². The molecule has 1 aromatic heterocycles. The van der Waals surface area contributed by atoms with Crippen LogP contribution in [0.3, 0.4) is 0 Å². The van der Waals surface area contributed by atoms with Crippen LogP contribution < -0.4 is 5.32 Å². The molecule has 24 heavy (non-hydrogen) atoms. The number of carbonyl (C=O) groups is 1. The van der Waals surface area contributed by atoms with E-state index in [4.69, 9.17) is 16.0 Å². The first kappa shape index (κ1) is 17.2. The summed E-state index contributed by atoms with van der Waals surface area (Å²) in [5, 5.41) is 3.62. The molecule has 2 aromatic rings. The highest BCUT2D eigenvalue weighted by molar-refractivity contribution is 7.84. The summed E-state index contributed by atoms with van der Waals surface area (Å²) in [5.74, 6) is 0.865. The van der Waals surface area contributed by atoms with Crippen molar-refractivity contribution in [1.82, 2.24) is 5.32 Å². The molecule has 1 aliphatic carbocycles. The summed E-state index contributed by atoms with van der Waals surface area (Å²) in [6, 6.07) is 10.5. The maximum absolute atomic E-state index is 12.3. The maximum Gasteiger partial charge on any atom is 0.287 e. The van der Waals surface area contributed by atoms with Gasteiger partial charge in [0.1, 0.15) is 5.76 Å². The molecule has 0 aliphatic heterocycles. The van der Waals surface area contributed by atoms with Gasteiger partial charge >= 0.3 is 0 Å². The maximum atomic E-state index is 12.3. The fraction of sp³-hybridized carbons (Fsp3) is 0.389. The van der Waals surface area contributed by atoms with Gasteiger partial charge in [0.2, 0.25) is 0 Å². The molecular formula is C18H20ClNO3S. The second kappa shape index (κ2) is 7.99. The molecule has 1 fully saturated rings. The Kier molecular flexibility index (Phi) is 5.74. The quantitative estimate of drug-likeness (QED) is 0.859. The van der Waals surface area contributed by atoms with Crippen molar-refractivity contribution >= 4 is 28.3 Å². The minimum atomic E-state index is -1.23. The van der Waals surface area contributed by atoms with E-state index in [1.807, 2.05) is 0 Å². The number of carbonyl (C=O) groups excluding carboxylic acids is 1. The molecule has 0 bridgehead atoms. The lowest BCUT2D eigenvalue weighted by atomic mass is 9.95. The van der Waals surface area contributed by atoms with E-state index in [9.17, 15) is 9.00 Å². The summed E-state index contributed by atoms with van der Waals surface area (Å²) in [4.78, 5) is 12.9. The molecule has 6 heteroatoms. The van der Waals surface area contributed by atoms with E-state index in [0.717, 1.165) is 25.7 Å². The highest BCUT2D eigenvalue weighted by Gasteiger charge is 2.19. The SMILES string of the molecule is O=C(NC1CCCCC1)c1ccc(C[S@](=O)c2ccc(Cl)cc2)o1. The van der Waals surface area contributed by atoms with E-state index < -0.39 is 10.8 Å². The van der Waals surface area contributed by atoms with Crippen molar-refractivity contribution in [2.75, 3.05) is 0 Å². The van der Waals surface area contributed by atoms with Crippen LogP contribution in [0.1, 0.15) is 48.4 Å². The molecule has 0 radical (unpaired) electrons. The zero-order valence-electron chi connectivity index (χ0n) is 13.3. The third-order valence-electron chi connectivity index (χ3n) is 4.18. The Labute approximate surface area is 149 Å². The van der Waals surface area contributed by atoms with Crippen molar-refractivity contribution in [2.45, 2.75) is 48.8 Å². The summed E-state index contributed by atoms with van der Waals surface area (Å²) in [7, 11) is -1.23. The number of hydrogen-bond donors (Lipinski definition) is 1. The van der Waals surface area contributed by atoms with Gasteiger partial charge in [0, 0.05) is 16.0 Å². The van der Waals surface area contributed by atoms with Gasteiger partial charge in [-0.1, -0.05) is 30.9 Å². The number of hydrogen-bond acceptors (Lipinski definition) is 3. The smallest absolute Gasteiger partial charge is 0.287 e. The Hall–Kier alpha value is -1.59. The molecular weight excluding hydrogens is 346 g/mol. The second-order valence-corrected chi connectivity index (χ2v) is 7.91. The van der Waals surface area contributed by atoms with Crippen LogP contribution in [0, 0.1) is 0 Å². The Balaban J connectivity index is 1.59. The fourth-order valence-corrected chi connectivity index (χ4v) is 4.03. The first-order valence-electron chi connectivity index (χ1n) is 8.15. The van der Waals surface area contributed by atoms with Crippen molar-refractivity contribution in [1.29, 1.82) is 0 Å². The average Bonchev–Trinajstić information content (AvgIpc) is 3.05. The van der Waals surface area contributed by atoms with E-state index in [-0.39, 0.29) is 23.5 Å². The molecule has 0 saturated heterocycles. The Morgan fingerprint density at radius 3 is 2.54 bits per heavy atom. The predicted molar refractivity (Wildman–Crippen MR) is 94.6 cm³/mol. The average molecular weight is 366 g/mol. The van der Waals surface area contributed by atoms with Gasteiger partial charge in [0.25, 0.3) is 5.91 Å². The van der Waals surface area contributed by atoms with Gasteiger partial charge in [-0.25, -0.2) is 0 Å². The molecule has 1 N–H and O–H groups in total. The summed E-state index contributed by atoms with van der Waals surface area (Å²) >= 11 is 5.83. The van der Waals surface area contributed by atoms with Crippen LogP contribution in [0.4, 0.5) is 0 Å². The number of furan rings is 1. The first-order chi connectivity index (χ1) is 11.6. The second-order valence-electron chi connectivity index (χ2n) is 6.02. The van der Waals surface area contributed by atoms with Gasteiger partial charge in [-0.2, -0.15) is 0 Å². The minimum Gasteiger partial charge on any atom is -0.455 e. The van der Waals surface area contributed by atoms with E-state index in [0.29, 0.717) is 15.7 Å². The van der Waals surface area contributed by atoms with E-state index in [1.165, 1.54) is 6.42 Å². The Bertz CT molecular complexity index is 720. The molecule has 128 valence electrons. The number of benzene rings is 1. The van der Waals surface area contributed by atoms with Gasteiger partial charge < -0.3 is 9.73 Å². The lowest BCUT2D eigenvalue weighted by Gasteiger charge is -2.22. The van der Waals surface area contributed by atoms with Crippen LogP contribution in [-0.4, -0.2) is 16.2 Å². The largest absolute Gasteiger partial charge is 0.455 e. The summed E-state index contributed by atoms with van der Waals surface area (Å²) in [6.45, 7) is 0. The van der Waals surface area contributed by atoms with Crippen LogP contribution in [0.15, 0.2) is 45.7 Å². The van der Waals surface area contributed by atoms with Gasteiger partial charge in [-0.05, 0) is 49.2 Å². The van der Waals surface area contributed by atoms with E-state index in [1.54, 1.807) is 36.4 Å². The molecule has 1 atom stereocenters. The first-order valence-corrected chi connectivity index (χ1v) is 9.85. The number of rotatable bonds is 5. The van der Waals surface area contributed by atoms with E-state index >= 15 is 0 Å². The van der Waals surface area contributed by atoms with Gasteiger partial charge in [-0.15, -0.1) is 0 Å². The van der Waals surface area contributed by atoms with Gasteiger partial charge in [0.15, 0.2) is 5.76 Å². The summed E-state index contributed by atoms with van der Waals surface area (Å²) in [6.07, 6.45) is 5.62. The molecule has 1 aromatic carbocycles. The molecule has 0 unspecified atom stereocenters. The summed E-state index contributed by atoms with van der Waals surface area (Å²) < 4.78 is 17.9. The zero-order valence-corrected chi connectivity index (χ0v) is 14.9. The lowest BCUT2D eigenvalue weighted by molar-refractivity contribution is 0.0898. The molecule has 1 aliphatic rings. The van der Waals surface area contributed by atoms with Crippen LogP contribution >= 0.6 is 11.6 Å². The van der Waals surface area contributed by atoms with E-state index in [2.05, 4.69) is 5.32 Å². The molecule has 0 spiro atoms. The van der Waals surface area contributed by atoms with Gasteiger partial charge in [-0.3, -0.25) is 9.00 Å². The normalized spacial score (nSPS) is 16.7. The third kappa shape index (κ3) is 4.48. The Morgan fingerprint density at radius 1 is 1.12 bits per heavy atom. The van der Waals surface area contributed by atoms with Crippen molar-refractivity contribution < 1.29 is 13.4 Å². The molecule has 1 heterocycles. The monoisotopic (exact) mass is 365 g/mol. The van der Waals surface area contributed by atoms with Crippen LogP contribution in [-0.2, 0) is 16.6 Å². The zero-order chi connectivity index (χ0) is 16.9. The lowest BCUT2D eigenvalue weighted by Crippen LogP contribution is -2.35. The number of halogens is 1. The van der Waals surface area contributed by atoms with Crippen LogP contribution in [0.5, 0.6) is 0 Å². The van der Waals surface area contributed by atoms with Crippen molar-refractivity contribution in [3.8, 4) is 0 Å². The summed E-state index contributed by atoms with van der Waals surface area (Å²) in [5.41, 5.74) is 0. The topological polar surface area (TPSA) is 59.3 Å². The molecule has 1 amide bonds. The van der Waals surface area contributed by atoms with Crippen LogP contribution in [0.25, 0.3) is 0 Å². The minimum absolute atomic E-state index is 0.189. The Morgan fingerprint density at radius 2 is 1.83 bits per heavy atom. The fourth-order valence-electron chi connectivity index (χ4n) is 2.88. The molecule has 3 rings (SSSR count). The highest BCUT2D eigenvalue weighted by Crippen LogP contribution is 2.20. The number of amides is 1. The van der Waals surface area contributed by atoms with Crippen molar-refractivity contribution in [2.24, 2.45) is 0 Å². The molecule has 4 nitrogen and oxygen atoms in total. The number of nitrogens with one attached hydrogen (secondary N) is 1. The highest BCUT2D eigenvalue weighted by atomic mass is 35.5. The third-order valence-corrected chi connectivity index (χ3v) is 5.77. The standard InChI is InChI=1S/C18H20ClNO3S/c19-13-6-9-16(10-7-13)24(22)12-15-8-11-17(23-15)18(21)20-14-4-2-1-3-5-14/h6-11,14H,1-5,12H2,(H,20,21)/t24-/m0/s1. The van der Waals surface area contributed by atoms with Crippen molar-refractivity contribution in [3.63, 3.8) is 0 Å². The van der Waals surface area contributed by atoms with Crippen LogP contribution in [0.2, 0.25) is 5.02 Å². The van der Waals surface area contributed by atoms with Gasteiger partial charge in [0.05, 0.1) is 16.6 Å². The predicted octanol–water partition coefficient (Wildman–Crippen LogP) is 4.30. The molecule has 1 saturated carbocycles.